The van der Waals surface area contributed by atoms with Crippen LogP contribution in [-0.2, 0) is 16.1 Å². The first-order valence-corrected chi connectivity index (χ1v) is 15.8. The lowest BCUT2D eigenvalue weighted by Gasteiger charge is -2.37. The highest BCUT2D eigenvalue weighted by atomic mass is 35.5. The average molecular weight is 621 g/mol. The van der Waals surface area contributed by atoms with Gasteiger partial charge in [0, 0.05) is 68.8 Å². The smallest absolute Gasteiger partial charge is 0.266 e. The van der Waals surface area contributed by atoms with Crippen LogP contribution in [0.25, 0.3) is 11.1 Å². The van der Waals surface area contributed by atoms with Crippen molar-refractivity contribution in [1.82, 2.24) is 25.3 Å². The zero-order chi connectivity index (χ0) is 29.8. The Kier molecular flexibility index (Phi) is 10.2. The van der Waals surface area contributed by atoms with Gasteiger partial charge in [-0.3, -0.25) is 14.7 Å². The molecule has 0 bridgehead atoms. The van der Waals surface area contributed by atoms with Crippen molar-refractivity contribution in [2.24, 2.45) is 5.92 Å². The van der Waals surface area contributed by atoms with Crippen molar-refractivity contribution in [3.63, 3.8) is 0 Å². The van der Waals surface area contributed by atoms with Crippen LogP contribution in [0, 0.1) is 5.92 Å². The molecule has 3 fully saturated rings. The zero-order valence-electron chi connectivity index (χ0n) is 25.8. The number of carbonyl (C=O) groups excluding carboxylic acids is 2. The second-order valence-corrected chi connectivity index (χ2v) is 12.7. The van der Waals surface area contributed by atoms with Gasteiger partial charge in [-0.1, -0.05) is 30.3 Å². The van der Waals surface area contributed by atoms with Crippen LogP contribution in [-0.4, -0.2) is 82.7 Å². The number of aromatic nitrogens is 2. The summed E-state index contributed by atoms with van der Waals surface area (Å²) in [5.41, 5.74) is 3.39. The first kappa shape index (κ1) is 31.9. The molecule has 2 saturated heterocycles. The number of hydrogen-bond acceptors (Lipinski definition) is 6. The van der Waals surface area contributed by atoms with E-state index in [1.807, 2.05) is 49.3 Å². The van der Waals surface area contributed by atoms with Gasteiger partial charge in [0.15, 0.2) is 5.60 Å². The van der Waals surface area contributed by atoms with E-state index in [4.69, 9.17) is 4.74 Å². The topological polar surface area (TPSA) is 93.8 Å². The highest BCUT2D eigenvalue weighted by molar-refractivity contribution is 5.85. The molecule has 0 radical (unpaired) electrons. The number of H-pyrrole nitrogens is 1. The van der Waals surface area contributed by atoms with Gasteiger partial charge in [-0.2, -0.15) is 5.10 Å². The number of nitrogens with one attached hydrogen (secondary N) is 2. The minimum Gasteiger partial charge on any atom is -0.478 e. The summed E-state index contributed by atoms with van der Waals surface area (Å²) >= 11 is 0. The molecule has 1 aromatic heterocycles. The van der Waals surface area contributed by atoms with Crippen molar-refractivity contribution in [3.05, 3.63) is 66.5 Å². The molecule has 0 spiro atoms. The average Bonchev–Trinajstić information content (AvgIpc) is 3.79. The standard InChI is InChI=1S/C34H44N6O3.ClH/c1-34(2,33(42)38-18-5-15-35-16-19-38)43-31-8-3-7-30(20-31)39-17-4-6-27(24-39)32(41)40(29-13-14-29)23-25-9-11-26(12-10-25)28-21-36-37-22-28;/h3,7-12,20-22,27,29,35H,4-6,13-19,23-24H2,1-2H3,(H,36,37);1H/t27-;/m1./s1. The summed E-state index contributed by atoms with van der Waals surface area (Å²) in [6.45, 7) is 9.13. The normalized spacial score (nSPS) is 19.1. The van der Waals surface area contributed by atoms with Crippen LogP contribution in [0.2, 0.25) is 0 Å². The Labute approximate surface area is 266 Å². The van der Waals surface area contributed by atoms with Crippen molar-refractivity contribution in [2.45, 2.75) is 64.1 Å². The maximum atomic E-state index is 13.9. The van der Waals surface area contributed by atoms with Crippen molar-refractivity contribution >= 4 is 29.9 Å². The Morgan fingerprint density at radius 1 is 1.00 bits per heavy atom. The SMILES string of the molecule is CC(C)(Oc1cccc(N2CCC[C@@H](C(=O)N(Cc3ccc(-c4cn[nH]c4)cc3)C3CC3)C2)c1)C(=O)N1CCCNCC1.Cl. The number of anilines is 1. The summed E-state index contributed by atoms with van der Waals surface area (Å²) < 4.78 is 6.32. The summed E-state index contributed by atoms with van der Waals surface area (Å²) in [5.74, 6) is 0.910. The predicted octanol–water partition coefficient (Wildman–Crippen LogP) is 4.89. The third kappa shape index (κ3) is 7.56. The van der Waals surface area contributed by atoms with Gasteiger partial charge in [-0.25, -0.2) is 0 Å². The fourth-order valence-corrected chi connectivity index (χ4v) is 6.34. The maximum absolute atomic E-state index is 13.9. The second kappa shape index (κ2) is 14.0. The van der Waals surface area contributed by atoms with Gasteiger partial charge in [0.25, 0.3) is 5.91 Å². The maximum Gasteiger partial charge on any atom is 0.266 e. The fraction of sp³-hybridized carbons (Fsp3) is 0.500. The Balaban J connectivity index is 0.00000384. The molecule has 1 atom stereocenters. The molecule has 2 amide bonds. The number of rotatable bonds is 9. The molecule has 2 N–H and O–H groups in total. The molecule has 6 rings (SSSR count). The number of ether oxygens (including phenoxy) is 1. The number of nitrogens with zero attached hydrogens (tertiary/aromatic N) is 4. The van der Waals surface area contributed by atoms with E-state index in [-0.39, 0.29) is 30.1 Å². The third-order valence-corrected chi connectivity index (χ3v) is 8.88. The van der Waals surface area contributed by atoms with Crippen LogP contribution in [0.1, 0.15) is 51.5 Å². The van der Waals surface area contributed by atoms with E-state index in [0.717, 1.165) is 80.7 Å². The minimum atomic E-state index is -0.967. The summed E-state index contributed by atoms with van der Waals surface area (Å²) in [6, 6.07) is 16.8. The van der Waals surface area contributed by atoms with Crippen LogP contribution in [0.4, 0.5) is 5.69 Å². The van der Waals surface area contributed by atoms with Gasteiger partial charge in [0.2, 0.25) is 5.91 Å². The van der Waals surface area contributed by atoms with E-state index in [1.54, 1.807) is 0 Å². The van der Waals surface area contributed by atoms with Gasteiger partial charge in [-0.05, 0) is 75.8 Å². The summed E-state index contributed by atoms with van der Waals surface area (Å²) in [5, 5.41) is 10.3. The van der Waals surface area contributed by atoms with Crippen LogP contribution in [0.5, 0.6) is 5.75 Å². The predicted molar refractivity (Wildman–Crippen MR) is 175 cm³/mol. The van der Waals surface area contributed by atoms with E-state index in [9.17, 15) is 9.59 Å². The number of hydrogen-bond donors (Lipinski definition) is 2. The molecule has 44 heavy (non-hydrogen) atoms. The van der Waals surface area contributed by atoms with Crippen LogP contribution in [0.3, 0.4) is 0 Å². The van der Waals surface area contributed by atoms with E-state index in [1.165, 1.54) is 0 Å². The lowest BCUT2D eigenvalue weighted by molar-refractivity contribution is -0.145. The number of benzene rings is 2. The number of aromatic amines is 1. The molecule has 9 nitrogen and oxygen atoms in total. The van der Waals surface area contributed by atoms with Crippen LogP contribution >= 0.6 is 12.4 Å². The van der Waals surface area contributed by atoms with E-state index in [0.29, 0.717) is 31.4 Å². The Morgan fingerprint density at radius 3 is 2.57 bits per heavy atom. The van der Waals surface area contributed by atoms with Gasteiger partial charge >= 0.3 is 0 Å². The number of halogens is 1. The van der Waals surface area contributed by atoms with Crippen molar-refractivity contribution in [2.75, 3.05) is 44.2 Å². The Morgan fingerprint density at radius 2 is 1.82 bits per heavy atom. The Hall–Kier alpha value is -3.56. The molecule has 0 unspecified atom stereocenters. The number of carbonyl (C=O) groups is 2. The molecule has 2 aliphatic heterocycles. The monoisotopic (exact) mass is 620 g/mol. The van der Waals surface area contributed by atoms with E-state index >= 15 is 0 Å². The number of amides is 2. The Bertz CT molecular complexity index is 1380. The van der Waals surface area contributed by atoms with Gasteiger partial charge < -0.3 is 24.8 Å². The van der Waals surface area contributed by atoms with Crippen molar-refractivity contribution in [3.8, 4) is 16.9 Å². The molecule has 1 saturated carbocycles. The largest absolute Gasteiger partial charge is 0.478 e. The van der Waals surface area contributed by atoms with Gasteiger partial charge in [-0.15, -0.1) is 12.4 Å². The molecular weight excluding hydrogens is 576 g/mol. The summed E-state index contributed by atoms with van der Waals surface area (Å²) in [6.07, 6.45) is 8.69. The molecule has 3 aliphatic rings. The van der Waals surface area contributed by atoms with Crippen molar-refractivity contribution in [1.29, 1.82) is 0 Å². The quantitative estimate of drug-likeness (QED) is 0.354. The lowest BCUT2D eigenvalue weighted by atomic mass is 9.95. The molecule has 236 valence electrons. The second-order valence-electron chi connectivity index (χ2n) is 12.7. The first-order valence-electron chi connectivity index (χ1n) is 15.8. The molecular formula is C34H45ClN6O3. The fourth-order valence-electron chi connectivity index (χ4n) is 6.34. The lowest BCUT2D eigenvalue weighted by Crippen LogP contribution is -2.49. The highest BCUT2D eigenvalue weighted by Gasteiger charge is 2.38. The third-order valence-electron chi connectivity index (χ3n) is 8.88. The first-order chi connectivity index (χ1) is 20.9. The molecule has 2 aromatic carbocycles. The van der Waals surface area contributed by atoms with E-state index in [2.05, 4.69) is 55.6 Å². The number of piperidine rings is 1. The molecule has 3 aromatic rings. The molecule has 1 aliphatic carbocycles. The minimum absolute atomic E-state index is 0. The van der Waals surface area contributed by atoms with E-state index < -0.39 is 5.60 Å². The van der Waals surface area contributed by atoms with Crippen LogP contribution < -0.4 is 15.0 Å². The summed E-state index contributed by atoms with van der Waals surface area (Å²) in [4.78, 5) is 33.6. The summed E-state index contributed by atoms with van der Waals surface area (Å²) in [7, 11) is 0. The van der Waals surface area contributed by atoms with Crippen LogP contribution in [0.15, 0.2) is 60.9 Å². The zero-order valence-corrected chi connectivity index (χ0v) is 26.7. The molecule has 3 heterocycles. The van der Waals surface area contributed by atoms with Crippen molar-refractivity contribution < 1.29 is 14.3 Å². The highest BCUT2D eigenvalue weighted by Crippen LogP contribution is 2.34. The van der Waals surface area contributed by atoms with Gasteiger partial charge in [0.1, 0.15) is 5.75 Å². The molecule has 10 heteroatoms. The van der Waals surface area contributed by atoms with Gasteiger partial charge in [0.05, 0.1) is 12.1 Å².